The Bertz CT molecular complexity index is 1200. The van der Waals surface area contributed by atoms with Crippen molar-refractivity contribution in [2.45, 2.75) is 13.3 Å². The molecule has 0 saturated carbocycles. The Balaban J connectivity index is 1.45. The van der Waals surface area contributed by atoms with Crippen molar-refractivity contribution >= 4 is 51.6 Å². The van der Waals surface area contributed by atoms with E-state index in [4.69, 9.17) is 23.8 Å². The van der Waals surface area contributed by atoms with Gasteiger partial charge in [0.1, 0.15) is 5.82 Å². The lowest BCUT2D eigenvalue weighted by molar-refractivity contribution is -0.119. The van der Waals surface area contributed by atoms with E-state index in [1.807, 2.05) is 61.5 Å². The van der Waals surface area contributed by atoms with Gasteiger partial charge in [0.2, 0.25) is 5.91 Å². The average Bonchev–Trinajstić information content (AvgIpc) is 3.15. The lowest BCUT2D eigenvalue weighted by Gasteiger charge is -2.13. The minimum absolute atomic E-state index is 0.194. The van der Waals surface area contributed by atoms with E-state index in [0.29, 0.717) is 5.02 Å². The monoisotopic (exact) mass is 434 g/mol. The molecule has 0 bridgehead atoms. The summed E-state index contributed by atoms with van der Waals surface area (Å²) in [5.74, 6) is 0.581. The van der Waals surface area contributed by atoms with E-state index in [9.17, 15) is 4.79 Å². The Morgan fingerprint density at radius 2 is 1.87 bits per heavy atom. The molecule has 5 nitrogen and oxygen atoms in total. The summed E-state index contributed by atoms with van der Waals surface area (Å²) in [7, 11) is 0. The summed E-state index contributed by atoms with van der Waals surface area (Å²) in [6.07, 6.45) is 0.219. The fraction of sp³-hybridized carbons (Fsp3) is 0.0870. The van der Waals surface area contributed by atoms with E-state index in [-0.39, 0.29) is 17.4 Å². The summed E-state index contributed by atoms with van der Waals surface area (Å²) in [4.78, 5) is 20.2. The van der Waals surface area contributed by atoms with E-state index >= 15 is 0 Å². The van der Waals surface area contributed by atoms with Crippen molar-refractivity contribution in [2.75, 3.05) is 5.32 Å². The molecule has 0 saturated heterocycles. The van der Waals surface area contributed by atoms with E-state index < -0.39 is 0 Å². The SMILES string of the molecule is Cc1ccc(-c2nc3ccccc3[nH]2)cc1NC(=S)NC(=O)Cc1ccc(Cl)cc1. The van der Waals surface area contributed by atoms with Crippen LogP contribution < -0.4 is 10.6 Å². The Kier molecular flexibility index (Phi) is 5.79. The van der Waals surface area contributed by atoms with E-state index in [0.717, 1.165) is 39.2 Å². The molecule has 4 aromatic rings. The van der Waals surface area contributed by atoms with Crippen molar-refractivity contribution in [2.24, 2.45) is 0 Å². The Labute approximate surface area is 184 Å². The molecule has 0 aliphatic carbocycles. The smallest absolute Gasteiger partial charge is 0.230 e. The molecule has 1 aromatic heterocycles. The molecule has 0 aliphatic rings. The molecule has 1 amide bonds. The topological polar surface area (TPSA) is 69.8 Å². The first kappa shape index (κ1) is 20.1. The molecule has 1 heterocycles. The summed E-state index contributed by atoms with van der Waals surface area (Å²) in [5, 5.41) is 6.73. The third kappa shape index (κ3) is 4.67. The van der Waals surface area contributed by atoms with Crippen LogP contribution in [0.5, 0.6) is 0 Å². The van der Waals surface area contributed by atoms with Crippen molar-refractivity contribution in [3.8, 4) is 11.4 Å². The van der Waals surface area contributed by atoms with Crippen molar-refractivity contribution in [3.05, 3.63) is 82.9 Å². The number of amides is 1. The first-order valence-electron chi connectivity index (χ1n) is 9.39. The summed E-state index contributed by atoms with van der Waals surface area (Å²) >= 11 is 11.2. The highest BCUT2D eigenvalue weighted by Gasteiger charge is 2.10. The maximum Gasteiger partial charge on any atom is 0.230 e. The largest absolute Gasteiger partial charge is 0.338 e. The molecule has 0 spiro atoms. The number of thiocarbonyl (C=S) groups is 1. The zero-order valence-corrected chi connectivity index (χ0v) is 17.8. The highest BCUT2D eigenvalue weighted by molar-refractivity contribution is 7.80. The number of imidazole rings is 1. The second-order valence-electron chi connectivity index (χ2n) is 6.94. The number of fused-ring (bicyclic) bond motifs is 1. The number of nitrogens with one attached hydrogen (secondary N) is 3. The number of rotatable bonds is 4. The zero-order valence-electron chi connectivity index (χ0n) is 16.2. The molecule has 30 heavy (non-hydrogen) atoms. The second kappa shape index (κ2) is 8.65. The number of anilines is 1. The van der Waals surface area contributed by atoms with Crippen LogP contribution in [0.1, 0.15) is 11.1 Å². The number of aryl methyl sites for hydroxylation is 1. The molecule has 3 N–H and O–H groups in total. The van der Waals surface area contributed by atoms with Crippen LogP contribution in [0, 0.1) is 6.92 Å². The molecule has 4 rings (SSSR count). The van der Waals surface area contributed by atoms with Gasteiger partial charge in [-0.15, -0.1) is 0 Å². The standard InChI is InChI=1S/C23H19ClN4OS/c1-14-6-9-16(22-25-18-4-2-3-5-19(18)26-22)13-20(14)27-23(30)28-21(29)12-15-7-10-17(24)11-8-15/h2-11,13H,12H2,1H3,(H,25,26)(H2,27,28,29,30). The molecule has 0 aliphatic heterocycles. The number of halogens is 1. The number of H-pyrrole nitrogens is 1. The predicted molar refractivity (Wildman–Crippen MR) is 126 cm³/mol. The van der Waals surface area contributed by atoms with E-state index in [1.165, 1.54) is 0 Å². The van der Waals surface area contributed by atoms with Gasteiger partial charge in [-0.1, -0.05) is 48.0 Å². The van der Waals surface area contributed by atoms with Gasteiger partial charge in [-0.2, -0.15) is 0 Å². The fourth-order valence-corrected chi connectivity index (χ4v) is 3.46. The van der Waals surface area contributed by atoms with Crippen molar-refractivity contribution < 1.29 is 4.79 Å². The van der Waals surface area contributed by atoms with Gasteiger partial charge < -0.3 is 15.6 Å². The van der Waals surface area contributed by atoms with Crippen LogP contribution in [0.2, 0.25) is 5.02 Å². The molecule has 150 valence electrons. The van der Waals surface area contributed by atoms with Crippen molar-refractivity contribution in [1.82, 2.24) is 15.3 Å². The molecular weight excluding hydrogens is 416 g/mol. The van der Waals surface area contributed by atoms with E-state index in [2.05, 4.69) is 20.6 Å². The van der Waals surface area contributed by atoms with Gasteiger partial charge in [0, 0.05) is 16.3 Å². The first-order valence-corrected chi connectivity index (χ1v) is 10.2. The first-order chi connectivity index (χ1) is 14.5. The van der Waals surface area contributed by atoms with Crippen molar-refractivity contribution in [1.29, 1.82) is 0 Å². The fourth-order valence-electron chi connectivity index (χ4n) is 3.11. The van der Waals surface area contributed by atoms with Gasteiger partial charge in [-0.05, 0) is 60.6 Å². The van der Waals surface area contributed by atoms with Gasteiger partial charge in [0.25, 0.3) is 0 Å². The van der Waals surface area contributed by atoms with Crippen molar-refractivity contribution in [3.63, 3.8) is 0 Å². The number of nitrogens with zero attached hydrogens (tertiary/aromatic N) is 1. The summed E-state index contributed by atoms with van der Waals surface area (Å²) in [6, 6.07) is 21.0. The Morgan fingerprint density at radius 1 is 1.10 bits per heavy atom. The van der Waals surface area contributed by atoms with Crippen LogP contribution in [0.25, 0.3) is 22.4 Å². The lowest BCUT2D eigenvalue weighted by atomic mass is 10.1. The number of carbonyl (C=O) groups is 1. The van der Waals surface area contributed by atoms with Gasteiger partial charge in [0.15, 0.2) is 5.11 Å². The Morgan fingerprint density at radius 3 is 2.63 bits per heavy atom. The van der Waals surface area contributed by atoms with E-state index in [1.54, 1.807) is 12.1 Å². The number of carbonyl (C=O) groups excluding carboxylic acids is 1. The third-order valence-electron chi connectivity index (χ3n) is 4.68. The van der Waals surface area contributed by atoms with Crippen LogP contribution in [-0.2, 0) is 11.2 Å². The molecule has 0 fully saturated rings. The molecule has 0 atom stereocenters. The Hall–Kier alpha value is -3.22. The number of para-hydroxylation sites is 2. The number of hydrogen-bond donors (Lipinski definition) is 3. The molecular formula is C23H19ClN4OS. The number of aromatic nitrogens is 2. The van der Waals surface area contributed by atoms with Crippen LogP contribution in [0.3, 0.4) is 0 Å². The van der Waals surface area contributed by atoms with Gasteiger partial charge in [0.05, 0.1) is 17.5 Å². The third-order valence-corrected chi connectivity index (χ3v) is 5.14. The van der Waals surface area contributed by atoms with Gasteiger partial charge in [-0.3, -0.25) is 4.79 Å². The van der Waals surface area contributed by atoms with Gasteiger partial charge >= 0.3 is 0 Å². The number of aromatic amines is 1. The normalized spacial score (nSPS) is 10.7. The summed E-state index contributed by atoms with van der Waals surface area (Å²) in [5.41, 5.74) is 5.49. The zero-order chi connectivity index (χ0) is 21.1. The average molecular weight is 435 g/mol. The highest BCUT2D eigenvalue weighted by atomic mass is 35.5. The number of hydrogen-bond acceptors (Lipinski definition) is 3. The van der Waals surface area contributed by atoms with Crippen LogP contribution in [0.4, 0.5) is 5.69 Å². The maximum absolute atomic E-state index is 12.3. The quantitative estimate of drug-likeness (QED) is 0.384. The summed E-state index contributed by atoms with van der Waals surface area (Å²) < 4.78 is 0. The maximum atomic E-state index is 12.3. The predicted octanol–water partition coefficient (Wildman–Crippen LogP) is 5.25. The molecule has 0 unspecified atom stereocenters. The highest BCUT2D eigenvalue weighted by Crippen LogP contribution is 2.25. The second-order valence-corrected chi connectivity index (χ2v) is 7.78. The lowest BCUT2D eigenvalue weighted by Crippen LogP contribution is -2.35. The van der Waals surface area contributed by atoms with Crippen LogP contribution in [0.15, 0.2) is 66.7 Å². The minimum atomic E-state index is -0.194. The van der Waals surface area contributed by atoms with Gasteiger partial charge in [-0.25, -0.2) is 4.98 Å². The molecule has 3 aromatic carbocycles. The molecule has 7 heteroatoms. The molecule has 0 radical (unpaired) electrons. The summed E-state index contributed by atoms with van der Waals surface area (Å²) in [6.45, 7) is 1.98. The number of benzene rings is 3. The van der Waals surface area contributed by atoms with Crippen LogP contribution in [-0.4, -0.2) is 21.0 Å². The van der Waals surface area contributed by atoms with Crippen LogP contribution >= 0.6 is 23.8 Å². The minimum Gasteiger partial charge on any atom is -0.338 e.